The summed E-state index contributed by atoms with van der Waals surface area (Å²) in [6.45, 7) is 0. The molecule has 0 aliphatic rings. The summed E-state index contributed by atoms with van der Waals surface area (Å²) in [5, 5.41) is 3.80. The summed E-state index contributed by atoms with van der Waals surface area (Å²) in [5.41, 5.74) is 7.02. The Kier molecular flexibility index (Phi) is 3.50. The zero-order valence-corrected chi connectivity index (χ0v) is 11.2. The van der Waals surface area contributed by atoms with Crippen LogP contribution in [0.3, 0.4) is 0 Å². The van der Waals surface area contributed by atoms with Gasteiger partial charge in [0, 0.05) is 3.57 Å². The first kappa shape index (κ1) is 11.5. The Morgan fingerprint density at radius 1 is 1.25 bits per heavy atom. The van der Waals surface area contributed by atoms with E-state index in [4.69, 9.17) is 17.3 Å². The molecule has 1 aromatic heterocycles. The van der Waals surface area contributed by atoms with E-state index in [1.165, 1.54) is 0 Å². The number of hydrogen-bond donors (Lipinski definition) is 2. The normalized spacial score (nSPS) is 10.1. The quantitative estimate of drug-likeness (QED) is 0.817. The second-order valence-electron chi connectivity index (χ2n) is 3.23. The fourth-order valence-electron chi connectivity index (χ4n) is 1.21. The lowest BCUT2D eigenvalue weighted by atomic mass is 10.3. The SMILES string of the molecule is Nc1ccc(Nc2ccc(I)cc2Cl)nc1. The molecule has 5 heteroatoms. The monoisotopic (exact) mass is 345 g/mol. The summed E-state index contributed by atoms with van der Waals surface area (Å²) >= 11 is 8.30. The number of hydrogen-bond acceptors (Lipinski definition) is 3. The second-order valence-corrected chi connectivity index (χ2v) is 4.88. The van der Waals surface area contributed by atoms with Crippen LogP contribution in [0.5, 0.6) is 0 Å². The van der Waals surface area contributed by atoms with Crippen LogP contribution in [0.4, 0.5) is 17.2 Å². The van der Waals surface area contributed by atoms with E-state index in [0.717, 1.165) is 15.1 Å². The number of aromatic nitrogens is 1. The molecular formula is C11H9ClIN3. The van der Waals surface area contributed by atoms with E-state index >= 15 is 0 Å². The highest BCUT2D eigenvalue weighted by atomic mass is 127. The molecular weight excluding hydrogens is 336 g/mol. The third kappa shape index (κ3) is 2.76. The summed E-state index contributed by atoms with van der Waals surface area (Å²) < 4.78 is 1.10. The van der Waals surface area contributed by atoms with Gasteiger partial charge in [0.1, 0.15) is 5.82 Å². The molecule has 0 atom stereocenters. The molecule has 0 aliphatic carbocycles. The first-order chi connectivity index (χ1) is 7.65. The van der Waals surface area contributed by atoms with Crippen molar-refractivity contribution >= 4 is 51.4 Å². The number of nitrogens with two attached hydrogens (primary N) is 1. The van der Waals surface area contributed by atoms with Crippen molar-refractivity contribution in [3.05, 3.63) is 45.1 Å². The largest absolute Gasteiger partial charge is 0.397 e. The van der Waals surface area contributed by atoms with Crippen molar-refractivity contribution in [3.63, 3.8) is 0 Å². The summed E-state index contributed by atoms with van der Waals surface area (Å²) in [5.74, 6) is 0.720. The Morgan fingerprint density at radius 2 is 2.06 bits per heavy atom. The molecule has 2 rings (SSSR count). The Bertz CT molecular complexity index is 499. The second kappa shape index (κ2) is 4.88. The van der Waals surface area contributed by atoms with Crippen molar-refractivity contribution < 1.29 is 0 Å². The molecule has 0 saturated carbocycles. The smallest absolute Gasteiger partial charge is 0.130 e. The summed E-state index contributed by atoms with van der Waals surface area (Å²) in [7, 11) is 0. The minimum atomic E-state index is 0.638. The molecule has 0 radical (unpaired) electrons. The van der Waals surface area contributed by atoms with Crippen molar-refractivity contribution in [2.75, 3.05) is 11.1 Å². The van der Waals surface area contributed by atoms with Gasteiger partial charge in [-0.3, -0.25) is 0 Å². The lowest BCUT2D eigenvalue weighted by Crippen LogP contribution is -1.95. The van der Waals surface area contributed by atoms with Crippen LogP contribution in [-0.4, -0.2) is 4.98 Å². The lowest BCUT2D eigenvalue weighted by Gasteiger charge is -2.07. The first-order valence-corrected chi connectivity index (χ1v) is 6.04. The summed E-state index contributed by atoms with van der Waals surface area (Å²) in [6, 6.07) is 9.38. The Balaban J connectivity index is 2.23. The average molecular weight is 346 g/mol. The third-order valence-corrected chi connectivity index (χ3v) is 2.96. The number of pyridine rings is 1. The standard InChI is InChI=1S/C11H9ClIN3/c12-9-5-7(13)1-3-10(9)16-11-4-2-8(14)6-15-11/h1-6H,14H2,(H,15,16). The van der Waals surface area contributed by atoms with Crippen LogP contribution < -0.4 is 11.1 Å². The van der Waals surface area contributed by atoms with Crippen LogP contribution in [0.25, 0.3) is 0 Å². The lowest BCUT2D eigenvalue weighted by molar-refractivity contribution is 1.31. The maximum atomic E-state index is 6.09. The van der Waals surface area contributed by atoms with E-state index in [2.05, 4.69) is 32.9 Å². The van der Waals surface area contributed by atoms with Gasteiger partial charge in [-0.15, -0.1) is 0 Å². The van der Waals surface area contributed by atoms with Gasteiger partial charge < -0.3 is 11.1 Å². The summed E-state index contributed by atoms with van der Waals surface area (Å²) in [6.07, 6.45) is 1.60. The fraction of sp³-hybridized carbons (Fsp3) is 0. The Morgan fingerprint density at radius 3 is 2.69 bits per heavy atom. The van der Waals surface area contributed by atoms with E-state index in [1.807, 2.05) is 24.3 Å². The zero-order valence-electron chi connectivity index (χ0n) is 8.24. The van der Waals surface area contributed by atoms with Crippen molar-refractivity contribution in [1.29, 1.82) is 0 Å². The number of nitrogen functional groups attached to an aromatic ring is 1. The number of nitrogens with zero attached hydrogens (tertiary/aromatic N) is 1. The van der Waals surface area contributed by atoms with Crippen molar-refractivity contribution in [2.24, 2.45) is 0 Å². The molecule has 0 amide bonds. The van der Waals surface area contributed by atoms with Gasteiger partial charge in [-0.1, -0.05) is 11.6 Å². The van der Waals surface area contributed by atoms with Gasteiger partial charge >= 0.3 is 0 Å². The Labute approximate surface area is 112 Å². The fourth-order valence-corrected chi connectivity index (χ4v) is 2.11. The molecule has 1 heterocycles. The van der Waals surface area contributed by atoms with E-state index in [0.29, 0.717) is 10.7 Å². The van der Waals surface area contributed by atoms with E-state index < -0.39 is 0 Å². The first-order valence-electron chi connectivity index (χ1n) is 4.59. The highest BCUT2D eigenvalue weighted by molar-refractivity contribution is 14.1. The molecule has 3 N–H and O–H groups in total. The van der Waals surface area contributed by atoms with Gasteiger partial charge in [-0.2, -0.15) is 0 Å². The van der Waals surface area contributed by atoms with Crippen LogP contribution in [-0.2, 0) is 0 Å². The van der Waals surface area contributed by atoms with Crippen LogP contribution in [0.15, 0.2) is 36.5 Å². The van der Waals surface area contributed by atoms with E-state index in [1.54, 1.807) is 12.3 Å². The minimum absolute atomic E-state index is 0.638. The number of anilines is 3. The van der Waals surface area contributed by atoms with Gasteiger partial charge in [-0.25, -0.2) is 4.98 Å². The number of rotatable bonds is 2. The highest BCUT2D eigenvalue weighted by Gasteiger charge is 2.01. The number of halogens is 2. The molecule has 2 aromatic rings. The number of benzene rings is 1. The molecule has 0 fully saturated rings. The zero-order chi connectivity index (χ0) is 11.5. The van der Waals surface area contributed by atoms with Crippen molar-refractivity contribution in [3.8, 4) is 0 Å². The van der Waals surface area contributed by atoms with Crippen molar-refractivity contribution in [2.45, 2.75) is 0 Å². The molecule has 16 heavy (non-hydrogen) atoms. The number of nitrogens with one attached hydrogen (secondary N) is 1. The predicted octanol–water partition coefficient (Wildman–Crippen LogP) is 3.67. The van der Waals surface area contributed by atoms with Crippen molar-refractivity contribution in [1.82, 2.24) is 4.98 Å². The molecule has 0 aliphatic heterocycles. The maximum Gasteiger partial charge on any atom is 0.130 e. The molecule has 3 nitrogen and oxygen atoms in total. The van der Waals surface area contributed by atoms with Crippen LogP contribution in [0.2, 0.25) is 5.02 Å². The Hall–Kier alpha value is -1.01. The van der Waals surface area contributed by atoms with Gasteiger partial charge in [0.25, 0.3) is 0 Å². The average Bonchev–Trinajstić information content (AvgIpc) is 2.25. The van der Waals surface area contributed by atoms with Gasteiger partial charge in [-0.05, 0) is 52.9 Å². The summed E-state index contributed by atoms with van der Waals surface area (Å²) in [4.78, 5) is 4.14. The molecule has 0 spiro atoms. The molecule has 0 saturated heterocycles. The van der Waals surface area contributed by atoms with Crippen LogP contribution in [0.1, 0.15) is 0 Å². The van der Waals surface area contributed by atoms with Gasteiger partial charge in [0.05, 0.1) is 22.6 Å². The highest BCUT2D eigenvalue weighted by Crippen LogP contribution is 2.26. The van der Waals surface area contributed by atoms with Gasteiger partial charge in [0.2, 0.25) is 0 Å². The van der Waals surface area contributed by atoms with Crippen LogP contribution >= 0.6 is 34.2 Å². The third-order valence-electron chi connectivity index (χ3n) is 1.98. The molecule has 0 unspecified atom stereocenters. The van der Waals surface area contributed by atoms with Gasteiger partial charge in [0.15, 0.2) is 0 Å². The van der Waals surface area contributed by atoms with E-state index in [-0.39, 0.29) is 0 Å². The minimum Gasteiger partial charge on any atom is -0.397 e. The van der Waals surface area contributed by atoms with Crippen LogP contribution in [0, 0.1) is 3.57 Å². The molecule has 0 bridgehead atoms. The molecule has 1 aromatic carbocycles. The predicted molar refractivity (Wildman–Crippen MR) is 76.1 cm³/mol. The van der Waals surface area contributed by atoms with E-state index in [9.17, 15) is 0 Å². The maximum absolute atomic E-state index is 6.09. The molecule has 82 valence electrons. The topological polar surface area (TPSA) is 50.9 Å².